The van der Waals surface area contributed by atoms with Crippen molar-refractivity contribution in [3.8, 4) is 0 Å². The number of alkyl halides is 3. The molecule has 0 spiro atoms. The van der Waals surface area contributed by atoms with Gasteiger partial charge in [-0.3, -0.25) is 0 Å². The summed E-state index contributed by atoms with van der Waals surface area (Å²) in [5.74, 6) is -0.313. The molecule has 0 unspecified atom stereocenters. The van der Waals surface area contributed by atoms with Crippen LogP contribution in [0.1, 0.15) is 36.8 Å². The van der Waals surface area contributed by atoms with Gasteiger partial charge in [0.15, 0.2) is 0 Å². The molecule has 2 aliphatic rings. The lowest BCUT2D eigenvalue weighted by Crippen LogP contribution is -2.37. The summed E-state index contributed by atoms with van der Waals surface area (Å²) in [6.07, 6.45) is 1.81. The van der Waals surface area contributed by atoms with Crippen molar-refractivity contribution >= 4 is 29.4 Å². The fraction of sp³-hybridized carbons (Fsp3) is 0.458. The number of halogens is 3. The first-order chi connectivity index (χ1) is 16.9. The summed E-state index contributed by atoms with van der Waals surface area (Å²) >= 11 is 0. The summed E-state index contributed by atoms with van der Waals surface area (Å²) < 4.78 is 44.9. The van der Waals surface area contributed by atoms with Crippen molar-refractivity contribution in [3.63, 3.8) is 0 Å². The highest BCUT2D eigenvalue weighted by atomic mass is 19.4. The third-order valence-corrected chi connectivity index (χ3v) is 6.26. The summed E-state index contributed by atoms with van der Waals surface area (Å²) in [5.41, 5.74) is 3.84. The molecule has 1 saturated heterocycles. The average Bonchev–Trinajstić information content (AvgIpc) is 2.82. The molecule has 1 aliphatic heterocycles. The first-order valence-corrected chi connectivity index (χ1v) is 11.7. The minimum atomic E-state index is -4.56. The van der Waals surface area contributed by atoms with E-state index in [1.807, 2.05) is 12.1 Å². The van der Waals surface area contributed by atoms with E-state index in [-0.39, 0.29) is 11.8 Å². The van der Waals surface area contributed by atoms with Crippen molar-refractivity contribution in [1.29, 1.82) is 5.41 Å². The Kier molecular flexibility index (Phi) is 7.74. The Bertz CT molecular complexity index is 1080. The fourth-order valence-corrected chi connectivity index (χ4v) is 4.29. The van der Waals surface area contributed by atoms with Gasteiger partial charge in [-0.15, -0.1) is 0 Å². The number of nitrogens with one attached hydrogen (secondary N) is 4. The van der Waals surface area contributed by atoms with Gasteiger partial charge in [-0.25, -0.2) is 4.98 Å². The van der Waals surface area contributed by atoms with Crippen LogP contribution in [-0.4, -0.2) is 61.0 Å². The van der Waals surface area contributed by atoms with Gasteiger partial charge in [-0.2, -0.15) is 18.2 Å². The number of allylic oxidation sites excluding steroid dienone is 1. The molecule has 11 heteroatoms. The van der Waals surface area contributed by atoms with E-state index in [1.165, 1.54) is 31.0 Å². The third kappa shape index (κ3) is 5.84. The molecule has 8 nitrogen and oxygen atoms in total. The van der Waals surface area contributed by atoms with Crippen molar-refractivity contribution in [2.75, 3.05) is 55.8 Å². The third-order valence-electron chi connectivity index (χ3n) is 6.26. The highest BCUT2D eigenvalue weighted by molar-refractivity contribution is 5.94. The summed E-state index contributed by atoms with van der Waals surface area (Å²) in [6.45, 7) is 4.01. The zero-order valence-electron chi connectivity index (χ0n) is 19.6. The molecule has 35 heavy (non-hydrogen) atoms. The molecule has 0 bridgehead atoms. The summed E-state index contributed by atoms with van der Waals surface area (Å²) in [5, 5.41) is 16.8. The zero-order valence-corrected chi connectivity index (χ0v) is 19.6. The number of aromatic nitrogens is 2. The first kappa shape index (κ1) is 24.8. The van der Waals surface area contributed by atoms with E-state index < -0.39 is 11.7 Å². The maximum absolute atomic E-state index is 13.1. The standard InChI is InChI=1S/C24H30F3N7O/c1-29-22-18(24(25,26)27)15-31-23(33-22)32-20-7-3-6-19(17(20)14-28)30-9-8-21(16-4-2-5-16)34-10-12-35-13-11-34/h3,6-7,14-15,28,30H,2,4-5,8-13H2,1H3,(H2,29,31,32,33). The van der Waals surface area contributed by atoms with Gasteiger partial charge in [0.2, 0.25) is 5.95 Å². The van der Waals surface area contributed by atoms with Crippen molar-refractivity contribution < 1.29 is 17.9 Å². The molecule has 1 saturated carbocycles. The van der Waals surface area contributed by atoms with Crippen LogP contribution in [0.15, 0.2) is 35.7 Å². The summed E-state index contributed by atoms with van der Waals surface area (Å²) in [4.78, 5) is 10.2. The van der Waals surface area contributed by atoms with Crippen LogP contribution in [-0.2, 0) is 10.9 Å². The number of benzene rings is 1. The van der Waals surface area contributed by atoms with E-state index in [9.17, 15) is 13.2 Å². The Morgan fingerprint density at radius 2 is 1.94 bits per heavy atom. The van der Waals surface area contributed by atoms with Crippen LogP contribution in [0.5, 0.6) is 0 Å². The van der Waals surface area contributed by atoms with Crippen LogP contribution >= 0.6 is 0 Å². The fourth-order valence-electron chi connectivity index (χ4n) is 4.29. The van der Waals surface area contributed by atoms with Crippen molar-refractivity contribution in [2.24, 2.45) is 0 Å². The van der Waals surface area contributed by atoms with Crippen LogP contribution in [0, 0.1) is 5.41 Å². The van der Waals surface area contributed by atoms with Gasteiger partial charge in [0, 0.05) is 62.5 Å². The van der Waals surface area contributed by atoms with Crippen molar-refractivity contribution in [3.05, 3.63) is 46.8 Å². The quantitative estimate of drug-likeness (QED) is 0.374. The minimum Gasteiger partial charge on any atom is -0.384 e. The van der Waals surface area contributed by atoms with E-state index in [0.29, 0.717) is 17.8 Å². The largest absolute Gasteiger partial charge is 0.421 e. The smallest absolute Gasteiger partial charge is 0.384 e. The number of ether oxygens (including phenoxy) is 1. The summed E-state index contributed by atoms with van der Waals surface area (Å²) in [6, 6.07) is 5.43. The lowest BCUT2D eigenvalue weighted by Gasteiger charge is -2.35. The van der Waals surface area contributed by atoms with Crippen LogP contribution in [0.3, 0.4) is 0 Å². The maximum Gasteiger partial charge on any atom is 0.421 e. The van der Waals surface area contributed by atoms with Crippen LogP contribution in [0.4, 0.5) is 36.3 Å². The Morgan fingerprint density at radius 3 is 2.57 bits per heavy atom. The van der Waals surface area contributed by atoms with Crippen LogP contribution in [0.25, 0.3) is 0 Å². The highest BCUT2D eigenvalue weighted by Crippen LogP contribution is 2.35. The molecule has 1 aromatic carbocycles. The number of hydrogen-bond donors (Lipinski definition) is 4. The molecule has 2 aromatic rings. The second kappa shape index (κ2) is 10.9. The van der Waals surface area contributed by atoms with Crippen LogP contribution < -0.4 is 16.0 Å². The van der Waals surface area contributed by atoms with Gasteiger partial charge in [-0.1, -0.05) is 11.6 Å². The lowest BCUT2D eigenvalue weighted by atomic mass is 9.89. The molecule has 2 heterocycles. The van der Waals surface area contributed by atoms with Crippen molar-refractivity contribution in [1.82, 2.24) is 14.9 Å². The van der Waals surface area contributed by atoms with Gasteiger partial charge in [0.25, 0.3) is 0 Å². The van der Waals surface area contributed by atoms with E-state index in [2.05, 4.69) is 30.8 Å². The van der Waals surface area contributed by atoms with Gasteiger partial charge in [-0.05, 0) is 31.4 Å². The Hall–Kier alpha value is -3.34. The van der Waals surface area contributed by atoms with Crippen LogP contribution in [0.2, 0.25) is 0 Å². The van der Waals surface area contributed by atoms with E-state index in [1.54, 1.807) is 6.07 Å². The maximum atomic E-state index is 13.1. The summed E-state index contributed by atoms with van der Waals surface area (Å²) in [7, 11) is 1.37. The lowest BCUT2D eigenvalue weighted by molar-refractivity contribution is -0.137. The normalized spacial score (nSPS) is 15.9. The van der Waals surface area contributed by atoms with Gasteiger partial charge >= 0.3 is 6.18 Å². The highest BCUT2D eigenvalue weighted by Gasteiger charge is 2.35. The molecule has 2 fully saturated rings. The van der Waals surface area contributed by atoms with Gasteiger partial charge in [0.05, 0.1) is 18.9 Å². The molecule has 0 radical (unpaired) electrons. The molecule has 0 atom stereocenters. The molecule has 4 N–H and O–H groups in total. The molecular weight excluding hydrogens is 459 g/mol. The Labute approximate surface area is 202 Å². The number of anilines is 4. The molecule has 1 aromatic heterocycles. The predicted octanol–water partition coefficient (Wildman–Crippen LogP) is 4.85. The molecular formula is C24H30F3N7O. The van der Waals surface area contributed by atoms with Gasteiger partial charge in [0.1, 0.15) is 11.4 Å². The zero-order chi connectivity index (χ0) is 24.8. The second-order valence-electron chi connectivity index (χ2n) is 8.42. The monoisotopic (exact) mass is 489 g/mol. The topological polar surface area (TPSA) is 98.2 Å². The predicted molar refractivity (Wildman–Crippen MR) is 131 cm³/mol. The average molecular weight is 490 g/mol. The number of hydrogen-bond acceptors (Lipinski definition) is 8. The van der Waals surface area contributed by atoms with Crippen molar-refractivity contribution in [2.45, 2.75) is 31.9 Å². The first-order valence-electron chi connectivity index (χ1n) is 11.7. The van der Waals surface area contributed by atoms with Gasteiger partial charge < -0.3 is 31.0 Å². The SMILES string of the molecule is CNc1nc(Nc2cccc(NCCC(=C3CCC3)N3CCOCC3)c2C=N)ncc1C(F)(F)F. The molecule has 188 valence electrons. The Balaban J connectivity index is 1.47. The number of morpholine rings is 1. The Morgan fingerprint density at radius 1 is 1.20 bits per heavy atom. The van der Waals surface area contributed by atoms with E-state index in [4.69, 9.17) is 10.1 Å². The molecule has 4 rings (SSSR count). The van der Waals surface area contributed by atoms with E-state index >= 15 is 0 Å². The molecule has 1 aliphatic carbocycles. The minimum absolute atomic E-state index is 0.00641. The molecule has 0 amide bonds. The number of nitrogens with zero attached hydrogens (tertiary/aromatic N) is 3. The van der Waals surface area contributed by atoms with E-state index in [0.717, 1.165) is 57.4 Å². The second-order valence-corrected chi connectivity index (χ2v) is 8.42. The number of rotatable bonds is 9.